The van der Waals surface area contributed by atoms with Crippen LogP contribution in [0.3, 0.4) is 0 Å². The van der Waals surface area contributed by atoms with E-state index >= 15 is 0 Å². The Hall–Kier alpha value is -1.41. The highest BCUT2D eigenvalue weighted by Crippen LogP contribution is 2.09. The van der Waals surface area contributed by atoms with Crippen LogP contribution in [0.1, 0.15) is 19.8 Å². The molecule has 0 spiro atoms. The minimum Gasteiger partial charge on any atom is -0.481 e. The molecule has 1 rings (SSSR count). The number of hydrogen-bond donors (Lipinski definition) is 2. The van der Waals surface area contributed by atoms with Gasteiger partial charge in [0.2, 0.25) is 10.0 Å². The topological polar surface area (TPSA) is 101 Å². The second-order valence-corrected chi connectivity index (χ2v) is 5.39. The maximum atomic E-state index is 11.8. The first-order valence-corrected chi connectivity index (χ1v) is 6.56. The molecule has 1 unspecified atom stereocenters. The Morgan fingerprint density at radius 3 is 2.71 bits per heavy atom. The zero-order chi connectivity index (χ0) is 13.1. The SMILES string of the molecule is CCC(CC(=O)O)NS(=O)(=O)c1cnn(C)c1. The van der Waals surface area contributed by atoms with E-state index in [0.717, 1.165) is 0 Å². The fourth-order valence-corrected chi connectivity index (χ4v) is 2.61. The molecule has 96 valence electrons. The maximum absolute atomic E-state index is 11.8. The molecule has 0 saturated heterocycles. The number of nitrogens with zero attached hydrogens (tertiary/aromatic N) is 2. The highest BCUT2D eigenvalue weighted by molar-refractivity contribution is 7.89. The van der Waals surface area contributed by atoms with Gasteiger partial charge in [0.05, 0.1) is 12.6 Å². The van der Waals surface area contributed by atoms with Crippen LogP contribution in [0.5, 0.6) is 0 Å². The molecular weight excluding hydrogens is 246 g/mol. The number of aliphatic carboxylic acids is 1. The van der Waals surface area contributed by atoms with Crippen LogP contribution in [-0.4, -0.2) is 35.3 Å². The van der Waals surface area contributed by atoms with Gasteiger partial charge in [0, 0.05) is 19.3 Å². The number of nitrogens with one attached hydrogen (secondary N) is 1. The number of carboxylic acid groups (broad SMARTS) is 1. The summed E-state index contributed by atoms with van der Waals surface area (Å²) in [5, 5.41) is 12.4. The molecule has 0 bridgehead atoms. The van der Waals surface area contributed by atoms with Gasteiger partial charge in [-0.2, -0.15) is 5.10 Å². The monoisotopic (exact) mass is 261 g/mol. The van der Waals surface area contributed by atoms with Crippen LogP contribution in [0.4, 0.5) is 0 Å². The van der Waals surface area contributed by atoms with Gasteiger partial charge in [-0.1, -0.05) is 6.92 Å². The standard InChI is InChI=1S/C9H15N3O4S/c1-3-7(4-9(13)14)11-17(15,16)8-5-10-12(2)6-8/h5-7,11H,3-4H2,1-2H3,(H,13,14). The zero-order valence-corrected chi connectivity index (χ0v) is 10.4. The van der Waals surface area contributed by atoms with Gasteiger partial charge in [-0.05, 0) is 6.42 Å². The van der Waals surface area contributed by atoms with E-state index in [4.69, 9.17) is 5.11 Å². The van der Waals surface area contributed by atoms with Crippen molar-refractivity contribution in [3.8, 4) is 0 Å². The van der Waals surface area contributed by atoms with Gasteiger partial charge in [0.1, 0.15) is 4.90 Å². The number of sulfonamides is 1. The molecule has 8 heteroatoms. The van der Waals surface area contributed by atoms with E-state index in [1.165, 1.54) is 17.1 Å². The van der Waals surface area contributed by atoms with E-state index in [-0.39, 0.29) is 11.3 Å². The molecule has 2 N–H and O–H groups in total. The summed E-state index contributed by atoms with van der Waals surface area (Å²) >= 11 is 0. The lowest BCUT2D eigenvalue weighted by Gasteiger charge is -2.13. The van der Waals surface area contributed by atoms with Crippen molar-refractivity contribution in [1.29, 1.82) is 0 Å². The van der Waals surface area contributed by atoms with Crippen LogP contribution < -0.4 is 4.72 Å². The molecule has 7 nitrogen and oxygen atoms in total. The van der Waals surface area contributed by atoms with Gasteiger partial charge in [0.15, 0.2) is 0 Å². The molecule has 17 heavy (non-hydrogen) atoms. The Kier molecular flexibility index (Phi) is 4.24. The van der Waals surface area contributed by atoms with Crippen LogP contribution in [-0.2, 0) is 21.9 Å². The summed E-state index contributed by atoms with van der Waals surface area (Å²) in [6.45, 7) is 1.72. The lowest BCUT2D eigenvalue weighted by Crippen LogP contribution is -2.35. The minimum absolute atomic E-state index is 0.0313. The van der Waals surface area contributed by atoms with Gasteiger partial charge in [-0.25, -0.2) is 13.1 Å². The lowest BCUT2D eigenvalue weighted by molar-refractivity contribution is -0.137. The number of aryl methyl sites for hydroxylation is 1. The summed E-state index contributed by atoms with van der Waals surface area (Å²) < 4.78 is 27.4. The Labute approximate surface area is 99.5 Å². The van der Waals surface area contributed by atoms with Crippen LogP contribution in [0.25, 0.3) is 0 Å². The largest absolute Gasteiger partial charge is 0.481 e. The van der Waals surface area contributed by atoms with Crippen LogP contribution in [0.2, 0.25) is 0 Å². The summed E-state index contributed by atoms with van der Waals surface area (Å²) in [4.78, 5) is 10.6. The average Bonchev–Trinajstić information content (AvgIpc) is 2.63. The van der Waals surface area contributed by atoms with E-state index < -0.39 is 22.0 Å². The normalized spacial score (nSPS) is 13.5. The van der Waals surface area contributed by atoms with Gasteiger partial charge in [-0.3, -0.25) is 9.48 Å². The van der Waals surface area contributed by atoms with E-state index in [1.807, 2.05) is 0 Å². The first-order chi connectivity index (χ1) is 7.85. The van der Waals surface area contributed by atoms with Crippen molar-refractivity contribution < 1.29 is 18.3 Å². The Morgan fingerprint density at radius 2 is 2.29 bits per heavy atom. The van der Waals surface area contributed by atoms with Crippen molar-refractivity contribution in [3.63, 3.8) is 0 Å². The lowest BCUT2D eigenvalue weighted by atomic mass is 10.2. The Bertz CT molecular complexity index is 494. The van der Waals surface area contributed by atoms with Gasteiger partial charge in [-0.15, -0.1) is 0 Å². The molecule has 0 aliphatic carbocycles. The number of rotatable bonds is 6. The van der Waals surface area contributed by atoms with Crippen LogP contribution >= 0.6 is 0 Å². The minimum atomic E-state index is -3.69. The van der Waals surface area contributed by atoms with Crippen molar-refractivity contribution >= 4 is 16.0 Å². The summed E-state index contributed by atoms with van der Waals surface area (Å²) in [6, 6.07) is -0.613. The van der Waals surface area contributed by atoms with Crippen molar-refractivity contribution in [2.45, 2.75) is 30.7 Å². The van der Waals surface area contributed by atoms with E-state index in [1.54, 1.807) is 14.0 Å². The summed E-state index contributed by atoms with van der Waals surface area (Å²) in [6.07, 6.45) is 2.74. The van der Waals surface area contributed by atoms with Crippen molar-refractivity contribution in [2.24, 2.45) is 7.05 Å². The molecule has 0 aliphatic rings. The smallest absolute Gasteiger partial charge is 0.304 e. The third-order valence-electron chi connectivity index (χ3n) is 2.23. The second-order valence-electron chi connectivity index (χ2n) is 3.67. The predicted octanol–water partition coefficient (Wildman–Crippen LogP) is -0.0483. The quantitative estimate of drug-likeness (QED) is 0.747. The number of hydrogen-bond acceptors (Lipinski definition) is 4. The van der Waals surface area contributed by atoms with E-state index in [9.17, 15) is 13.2 Å². The van der Waals surface area contributed by atoms with Gasteiger partial charge in [0.25, 0.3) is 0 Å². The third-order valence-corrected chi connectivity index (χ3v) is 3.70. The molecular formula is C9H15N3O4S. The molecule has 1 atom stereocenters. The Morgan fingerprint density at radius 1 is 1.65 bits per heavy atom. The number of carboxylic acids is 1. The first-order valence-electron chi connectivity index (χ1n) is 5.08. The first kappa shape index (κ1) is 13.7. The fraction of sp³-hybridized carbons (Fsp3) is 0.556. The van der Waals surface area contributed by atoms with Crippen LogP contribution in [0.15, 0.2) is 17.3 Å². The number of carbonyl (C=O) groups is 1. The summed E-state index contributed by atoms with van der Waals surface area (Å²) in [5.74, 6) is -1.04. The molecule has 0 aromatic carbocycles. The zero-order valence-electron chi connectivity index (χ0n) is 9.62. The van der Waals surface area contributed by atoms with E-state index in [0.29, 0.717) is 6.42 Å². The van der Waals surface area contributed by atoms with Crippen molar-refractivity contribution in [2.75, 3.05) is 0 Å². The molecule has 1 aromatic heterocycles. The predicted molar refractivity (Wildman–Crippen MR) is 59.9 cm³/mol. The highest BCUT2D eigenvalue weighted by atomic mass is 32.2. The van der Waals surface area contributed by atoms with E-state index in [2.05, 4.69) is 9.82 Å². The summed E-state index contributed by atoms with van der Waals surface area (Å²) in [7, 11) is -2.09. The summed E-state index contributed by atoms with van der Waals surface area (Å²) in [5.41, 5.74) is 0. The van der Waals surface area contributed by atoms with Crippen LogP contribution in [0, 0.1) is 0 Å². The van der Waals surface area contributed by atoms with Gasteiger partial charge < -0.3 is 5.11 Å². The second kappa shape index (κ2) is 5.28. The number of aromatic nitrogens is 2. The van der Waals surface area contributed by atoms with Gasteiger partial charge >= 0.3 is 5.97 Å². The molecule has 1 heterocycles. The molecule has 0 amide bonds. The molecule has 0 saturated carbocycles. The molecule has 1 aromatic rings. The molecule has 0 aliphatic heterocycles. The van der Waals surface area contributed by atoms with Crippen molar-refractivity contribution in [1.82, 2.24) is 14.5 Å². The third kappa shape index (κ3) is 3.82. The van der Waals surface area contributed by atoms with Crippen molar-refractivity contribution in [3.05, 3.63) is 12.4 Å². The Balaban J connectivity index is 2.81. The molecule has 0 fully saturated rings. The highest BCUT2D eigenvalue weighted by Gasteiger charge is 2.21. The molecule has 0 radical (unpaired) electrons. The fourth-order valence-electron chi connectivity index (χ4n) is 1.31. The average molecular weight is 261 g/mol. The maximum Gasteiger partial charge on any atom is 0.304 e.